The predicted octanol–water partition coefficient (Wildman–Crippen LogP) is 4.45. The number of H-pyrrole nitrogens is 1. The molecule has 1 N–H and O–H groups in total. The monoisotopic (exact) mass is 238 g/mol. The molecule has 3 aromatic rings. The molecule has 92 valence electrons. The summed E-state index contributed by atoms with van der Waals surface area (Å²) in [6.07, 6.45) is 6.75. The van der Waals surface area contributed by atoms with E-state index in [1.54, 1.807) is 0 Å². The number of nitrogens with one attached hydrogen (secondary N) is 1. The Morgan fingerprint density at radius 1 is 1.06 bits per heavy atom. The van der Waals surface area contributed by atoms with E-state index in [1.807, 2.05) is 6.20 Å². The van der Waals surface area contributed by atoms with Crippen LogP contribution in [-0.2, 0) is 6.42 Å². The second-order valence-corrected chi connectivity index (χ2v) is 4.81. The van der Waals surface area contributed by atoms with Crippen molar-refractivity contribution in [2.45, 2.75) is 32.6 Å². The van der Waals surface area contributed by atoms with E-state index in [0.717, 1.165) is 6.42 Å². The Labute approximate surface area is 107 Å². The van der Waals surface area contributed by atoms with E-state index < -0.39 is 0 Å². The summed E-state index contributed by atoms with van der Waals surface area (Å²) in [5.74, 6) is 0. The lowest BCUT2D eigenvalue weighted by Crippen LogP contribution is -1.91. The van der Waals surface area contributed by atoms with Gasteiger partial charge in [-0.1, -0.05) is 38.0 Å². The molecule has 0 amide bonds. The number of aromatic amines is 1. The number of nitrogens with zero attached hydrogens (tertiary/aromatic N) is 1. The molecule has 0 aliphatic rings. The van der Waals surface area contributed by atoms with Crippen LogP contribution in [0.15, 0.2) is 36.5 Å². The zero-order chi connectivity index (χ0) is 12.4. The molecule has 0 atom stereocenters. The first-order valence-electron chi connectivity index (χ1n) is 6.74. The van der Waals surface area contributed by atoms with Gasteiger partial charge in [-0.05, 0) is 25.0 Å². The van der Waals surface area contributed by atoms with Crippen molar-refractivity contribution in [1.82, 2.24) is 9.97 Å². The second kappa shape index (κ2) is 4.81. The molecule has 0 fully saturated rings. The van der Waals surface area contributed by atoms with E-state index in [4.69, 9.17) is 0 Å². The third-order valence-corrected chi connectivity index (χ3v) is 3.52. The number of pyridine rings is 1. The number of hydrogen-bond acceptors (Lipinski definition) is 1. The van der Waals surface area contributed by atoms with Gasteiger partial charge in [0.1, 0.15) is 0 Å². The topological polar surface area (TPSA) is 28.7 Å². The highest BCUT2D eigenvalue weighted by Crippen LogP contribution is 2.26. The van der Waals surface area contributed by atoms with Crippen molar-refractivity contribution in [2.24, 2.45) is 0 Å². The maximum atomic E-state index is 4.54. The van der Waals surface area contributed by atoms with Gasteiger partial charge in [-0.2, -0.15) is 0 Å². The minimum Gasteiger partial charge on any atom is -0.353 e. The molecule has 2 nitrogen and oxygen atoms in total. The highest BCUT2D eigenvalue weighted by atomic mass is 14.8. The van der Waals surface area contributed by atoms with Crippen molar-refractivity contribution >= 4 is 21.8 Å². The first-order chi connectivity index (χ1) is 8.90. The van der Waals surface area contributed by atoms with Gasteiger partial charge in [0.05, 0.1) is 11.2 Å². The van der Waals surface area contributed by atoms with Gasteiger partial charge in [-0.25, -0.2) is 0 Å². The minimum atomic E-state index is 1.07. The Hall–Kier alpha value is -1.83. The summed E-state index contributed by atoms with van der Waals surface area (Å²) in [5.41, 5.74) is 3.63. The predicted molar refractivity (Wildman–Crippen MR) is 76.8 cm³/mol. The van der Waals surface area contributed by atoms with Crippen LogP contribution >= 0.6 is 0 Å². The number of benzene rings is 1. The van der Waals surface area contributed by atoms with Gasteiger partial charge in [0, 0.05) is 22.5 Å². The first kappa shape index (κ1) is 11.3. The standard InChI is InChI=1S/C16H18N2/c1-2-3-4-9-15-16-13(10-11-17-15)12-7-5-6-8-14(12)18-16/h5-8,10-11,18H,2-4,9H2,1H3. The van der Waals surface area contributed by atoms with Crippen LogP contribution in [0.25, 0.3) is 21.8 Å². The van der Waals surface area contributed by atoms with Crippen LogP contribution in [0.1, 0.15) is 31.9 Å². The summed E-state index contributed by atoms with van der Waals surface area (Å²) in [5, 5.41) is 2.60. The summed E-state index contributed by atoms with van der Waals surface area (Å²) in [6, 6.07) is 10.6. The molecule has 0 saturated heterocycles. The lowest BCUT2D eigenvalue weighted by molar-refractivity contribution is 0.710. The Kier molecular flexibility index (Phi) is 3.01. The van der Waals surface area contributed by atoms with E-state index in [0.29, 0.717) is 0 Å². The van der Waals surface area contributed by atoms with Gasteiger partial charge in [0.25, 0.3) is 0 Å². The molecule has 18 heavy (non-hydrogen) atoms. The number of para-hydroxylation sites is 1. The molecule has 2 aromatic heterocycles. The molecule has 0 spiro atoms. The van der Waals surface area contributed by atoms with E-state index in [2.05, 4.69) is 47.2 Å². The fourth-order valence-corrected chi connectivity index (χ4v) is 2.56. The van der Waals surface area contributed by atoms with Crippen molar-refractivity contribution in [1.29, 1.82) is 0 Å². The number of aryl methyl sites for hydroxylation is 1. The van der Waals surface area contributed by atoms with Crippen molar-refractivity contribution < 1.29 is 0 Å². The number of hydrogen-bond donors (Lipinski definition) is 1. The quantitative estimate of drug-likeness (QED) is 0.668. The molecule has 0 radical (unpaired) electrons. The summed E-state index contributed by atoms with van der Waals surface area (Å²) in [4.78, 5) is 8.05. The van der Waals surface area contributed by atoms with Gasteiger partial charge in [-0.3, -0.25) is 4.98 Å². The van der Waals surface area contributed by atoms with Gasteiger partial charge < -0.3 is 4.98 Å². The molecule has 0 bridgehead atoms. The van der Waals surface area contributed by atoms with Crippen LogP contribution in [0.3, 0.4) is 0 Å². The number of rotatable bonds is 4. The van der Waals surface area contributed by atoms with E-state index in [9.17, 15) is 0 Å². The summed E-state index contributed by atoms with van der Waals surface area (Å²) >= 11 is 0. The van der Waals surface area contributed by atoms with Crippen molar-refractivity contribution in [3.05, 3.63) is 42.2 Å². The summed E-state index contributed by atoms with van der Waals surface area (Å²) in [7, 11) is 0. The lowest BCUT2D eigenvalue weighted by atomic mass is 10.1. The van der Waals surface area contributed by atoms with E-state index in [-0.39, 0.29) is 0 Å². The molecule has 1 aromatic carbocycles. The zero-order valence-corrected chi connectivity index (χ0v) is 10.7. The van der Waals surface area contributed by atoms with Gasteiger partial charge in [-0.15, -0.1) is 0 Å². The number of fused-ring (bicyclic) bond motifs is 3. The average Bonchev–Trinajstić information content (AvgIpc) is 2.79. The largest absolute Gasteiger partial charge is 0.353 e. The fourth-order valence-electron chi connectivity index (χ4n) is 2.56. The summed E-state index contributed by atoms with van der Waals surface area (Å²) < 4.78 is 0. The third-order valence-electron chi connectivity index (χ3n) is 3.52. The Balaban J connectivity index is 2.09. The lowest BCUT2D eigenvalue weighted by Gasteiger charge is -2.01. The highest BCUT2D eigenvalue weighted by Gasteiger charge is 2.07. The highest BCUT2D eigenvalue weighted by molar-refractivity contribution is 6.07. The molecule has 0 aliphatic carbocycles. The minimum absolute atomic E-state index is 1.07. The molecule has 0 unspecified atom stereocenters. The second-order valence-electron chi connectivity index (χ2n) is 4.81. The fraction of sp³-hybridized carbons (Fsp3) is 0.312. The van der Waals surface area contributed by atoms with Crippen LogP contribution < -0.4 is 0 Å². The molecule has 0 saturated carbocycles. The van der Waals surface area contributed by atoms with Crippen LogP contribution in [0, 0.1) is 0 Å². The zero-order valence-electron chi connectivity index (χ0n) is 10.7. The maximum Gasteiger partial charge on any atom is 0.0684 e. The maximum absolute atomic E-state index is 4.54. The van der Waals surface area contributed by atoms with E-state index >= 15 is 0 Å². The third kappa shape index (κ3) is 1.88. The van der Waals surface area contributed by atoms with Crippen LogP contribution in [-0.4, -0.2) is 9.97 Å². The number of aromatic nitrogens is 2. The smallest absolute Gasteiger partial charge is 0.0684 e. The first-order valence-corrected chi connectivity index (χ1v) is 6.74. The molecule has 3 rings (SSSR count). The Morgan fingerprint density at radius 2 is 1.94 bits per heavy atom. The SMILES string of the molecule is CCCCCc1nccc2c1[nH]c1ccccc12. The average molecular weight is 238 g/mol. The summed E-state index contributed by atoms with van der Waals surface area (Å²) in [6.45, 7) is 2.23. The molecule has 0 aliphatic heterocycles. The van der Waals surface area contributed by atoms with Gasteiger partial charge in [0.15, 0.2) is 0 Å². The van der Waals surface area contributed by atoms with Crippen molar-refractivity contribution in [3.63, 3.8) is 0 Å². The van der Waals surface area contributed by atoms with Crippen molar-refractivity contribution in [3.8, 4) is 0 Å². The van der Waals surface area contributed by atoms with E-state index in [1.165, 1.54) is 46.8 Å². The number of unbranched alkanes of at least 4 members (excludes halogenated alkanes) is 2. The molecule has 2 heteroatoms. The van der Waals surface area contributed by atoms with Gasteiger partial charge >= 0.3 is 0 Å². The Bertz CT molecular complexity index is 667. The molecule has 2 heterocycles. The molecular weight excluding hydrogens is 220 g/mol. The van der Waals surface area contributed by atoms with Crippen LogP contribution in [0.5, 0.6) is 0 Å². The molecular formula is C16H18N2. The Morgan fingerprint density at radius 3 is 2.83 bits per heavy atom. The van der Waals surface area contributed by atoms with Gasteiger partial charge in [0.2, 0.25) is 0 Å². The normalized spacial score (nSPS) is 11.4. The van der Waals surface area contributed by atoms with Crippen molar-refractivity contribution in [2.75, 3.05) is 0 Å². The van der Waals surface area contributed by atoms with Crippen LogP contribution in [0.4, 0.5) is 0 Å². The van der Waals surface area contributed by atoms with Crippen LogP contribution in [0.2, 0.25) is 0 Å².